The quantitative estimate of drug-likeness (QED) is 0.247. The van der Waals surface area contributed by atoms with Crippen LogP contribution in [0.3, 0.4) is 0 Å². The van der Waals surface area contributed by atoms with E-state index in [0.29, 0.717) is 27.2 Å². The minimum atomic E-state index is 0.368. The van der Waals surface area contributed by atoms with Crippen molar-refractivity contribution in [2.75, 3.05) is 0 Å². The van der Waals surface area contributed by atoms with E-state index in [0.717, 1.165) is 39.1 Å². The standard InChI is InChI=1S/C27H17Cl3N2O/c28-22-13-12-17(14-24(22)30)16-33-20-9-4-8-19(15-20)25-21-10-5-11-23(29)27(21)32-31-26(25)18-6-2-1-3-7-18/h1-15H,16H2. The number of rotatable bonds is 5. The Kier molecular flexibility index (Phi) is 6.19. The molecular weight excluding hydrogens is 475 g/mol. The molecule has 3 nitrogen and oxygen atoms in total. The third-order valence-electron chi connectivity index (χ3n) is 5.30. The fourth-order valence-electron chi connectivity index (χ4n) is 3.72. The lowest BCUT2D eigenvalue weighted by molar-refractivity contribution is 0.306. The maximum Gasteiger partial charge on any atom is 0.120 e. The molecule has 0 amide bonds. The highest BCUT2D eigenvalue weighted by atomic mass is 35.5. The van der Waals surface area contributed by atoms with E-state index in [1.165, 1.54) is 0 Å². The Bertz CT molecular complexity index is 1460. The van der Waals surface area contributed by atoms with E-state index in [2.05, 4.69) is 10.2 Å². The molecule has 0 aliphatic carbocycles. The molecule has 6 heteroatoms. The van der Waals surface area contributed by atoms with Gasteiger partial charge in [-0.05, 0) is 41.5 Å². The Morgan fingerprint density at radius 1 is 0.636 bits per heavy atom. The fraction of sp³-hybridized carbons (Fsp3) is 0.0370. The van der Waals surface area contributed by atoms with Gasteiger partial charge in [0.2, 0.25) is 0 Å². The predicted molar refractivity (Wildman–Crippen MR) is 136 cm³/mol. The third kappa shape index (κ3) is 4.53. The van der Waals surface area contributed by atoms with Crippen LogP contribution in [-0.2, 0) is 6.61 Å². The molecule has 0 aliphatic heterocycles. The van der Waals surface area contributed by atoms with Gasteiger partial charge < -0.3 is 4.74 Å². The predicted octanol–water partition coefficient (Wildman–Crippen LogP) is 8.50. The highest BCUT2D eigenvalue weighted by Gasteiger charge is 2.16. The Hall–Kier alpha value is -3.11. The molecule has 1 heterocycles. The Labute approximate surface area is 206 Å². The zero-order valence-corrected chi connectivity index (χ0v) is 19.6. The van der Waals surface area contributed by atoms with Crippen LogP contribution in [0.25, 0.3) is 33.3 Å². The van der Waals surface area contributed by atoms with Crippen LogP contribution in [0, 0.1) is 0 Å². The summed E-state index contributed by atoms with van der Waals surface area (Å²) >= 11 is 18.6. The largest absolute Gasteiger partial charge is 0.489 e. The molecular formula is C27H17Cl3N2O. The molecule has 0 N–H and O–H groups in total. The molecule has 1 aromatic heterocycles. The Morgan fingerprint density at radius 2 is 1.42 bits per heavy atom. The van der Waals surface area contributed by atoms with Crippen LogP contribution in [0.4, 0.5) is 0 Å². The summed E-state index contributed by atoms with van der Waals surface area (Å²) in [6.07, 6.45) is 0. The van der Waals surface area contributed by atoms with Crippen LogP contribution in [0.2, 0.25) is 15.1 Å². The van der Waals surface area contributed by atoms with Crippen molar-refractivity contribution in [3.05, 3.63) is 112 Å². The van der Waals surface area contributed by atoms with Gasteiger partial charge >= 0.3 is 0 Å². The van der Waals surface area contributed by atoms with Gasteiger partial charge in [0.05, 0.1) is 15.1 Å². The van der Waals surface area contributed by atoms with Crippen LogP contribution in [0.5, 0.6) is 5.75 Å². The summed E-state index contributed by atoms with van der Waals surface area (Å²) < 4.78 is 6.07. The van der Waals surface area contributed by atoms with Crippen molar-refractivity contribution < 1.29 is 4.74 Å². The van der Waals surface area contributed by atoms with Crippen molar-refractivity contribution in [1.82, 2.24) is 10.2 Å². The monoisotopic (exact) mass is 490 g/mol. The number of fused-ring (bicyclic) bond motifs is 1. The van der Waals surface area contributed by atoms with E-state index in [9.17, 15) is 0 Å². The van der Waals surface area contributed by atoms with Gasteiger partial charge in [0.25, 0.3) is 0 Å². The molecule has 0 aliphatic rings. The van der Waals surface area contributed by atoms with E-state index in [-0.39, 0.29) is 0 Å². The number of ether oxygens (including phenoxy) is 1. The molecule has 0 saturated heterocycles. The van der Waals surface area contributed by atoms with Crippen molar-refractivity contribution in [2.24, 2.45) is 0 Å². The van der Waals surface area contributed by atoms with Gasteiger partial charge in [-0.1, -0.05) is 95.5 Å². The molecule has 5 aromatic rings. The van der Waals surface area contributed by atoms with Crippen molar-refractivity contribution in [1.29, 1.82) is 0 Å². The molecule has 0 atom stereocenters. The van der Waals surface area contributed by atoms with E-state index < -0.39 is 0 Å². The second kappa shape index (κ2) is 9.40. The lowest BCUT2D eigenvalue weighted by atomic mass is 9.95. The highest BCUT2D eigenvalue weighted by molar-refractivity contribution is 6.42. The summed E-state index contributed by atoms with van der Waals surface area (Å²) in [5, 5.41) is 11.5. The maximum atomic E-state index is 6.44. The van der Waals surface area contributed by atoms with Gasteiger partial charge in [0.15, 0.2) is 0 Å². The Morgan fingerprint density at radius 3 is 2.24 bits per heavy atom. The van der Waals surface area contributed by atoms with Crippen LogP contribution in [-0.4, -0.2) is 10.2 Å². The lowest BCUT2D eigenvalue weighted by Gasteiger charge is -2.14. The van der Waals surface area contributed by atoms with Gasteiger partial charge in [-0.25, -0.2) is 0 Å². The van der Waals surface area contributed by atoms with Crippen molar-refractivity contribution in [2.45, 2.75) is 6.61 Å². The van der Waals surface area contributed by atoms with E-state index >= 15 is 0 Å². The number of hydrogen-bond acceptors (Lipinski definition) is 3. The first kappa shape index (κ1) is 21.7. The molecule has 5 rings (SSSR count). The van der Waals surface area contributed by atoms with Crippen molar-refractivity contribution in [3.63, 3.8) is 0 Å². The van der Waals surface area contributed by atoms with Crippen LogP contribution >= 0.6 is 34.8 Å². The third-order valence-corrected chi connectivity index (χ3v) is 6.35. The molecule has 0 fully saturated rings. The van der Waals surface area contributed by atoms with Crippen molar-refractivity contribution in [3.8, 4) is 28.1 Å². The number of halogens is 3. The molecule has 0 saturated carbocycles. The average Bonchev–Trinajstić information content (AvgIpc) is 2.85. The maximum absolute atomic E-state index is 6.44. The molecule has 0 bridgehead atoms. The summed E-state index contributed by atoms with van der Waals surface area (Å²) in [6.45, 7) is 0.368. The zero-order chi connectivity index (χ0) is 22.8. The summed E-state index contributed by atoms with van der Waals surface area (Å²) in [7, 11) is 0. The molecule has 0 radical (unpaired) electrons. The minimum Gasteiger partial charge on any atom is -0.489 e. The van der Waals surface area contributed by atoms with E-state index in [1.807, 2.05) is 84.9 Å². The first-order valence-corrected chi connectivity index (χ1v) is 11.4. The average molecular weight is 492 g/mol. The first-order valence-electron chi connectivity index (χ1n) is 10.3. The number of hydrogen-bond donors (Lipinski definition) is 0. The van der Waals surface area contributed by atoms with Gasteiger partial charge in [-0.2, -0.15) is 0 Å². The SMILES string of the molecule is Clc1ccc(COc2cccc(-c3c(-c4ccccc4)nnc4c(Cl)cccc34)c2)cc1Cl. The second-order valence-electron chi connectivity index (χ2n) is 7.49. The van der Waals surface area contributed by atoms with Gasteiger partial charge in [-0.15, -0.1) is 10.2 Å². The lowest BCUT2D eigenvalue weighted by Crippen LogP contribution is -1.98. The fourth-order valence-corrected chi connectivity index (χ4v) is 4.26. The van der Waals surface area contributed by atoms with Gasteiger partial charge in [0.1, 0.15) is 23.6 Å². The zero-order valence-electron chi connectivity index (χ0n) is 17.3. The summed E-state index contributed by atoms with van der Waals surface area (Å²) in [5.41, 5.74) is 5.27. The second-order valence-corrected chi connectivity index (χ2v) is 8.71. The van der Waals surface area contributed by atoms with Crippen LogP contribution < -0.4 is 4.74 Å². The Balaban J connectivity index is 1.58. The number of aromatic nitrogens is 2. The highest BCUT2D eigenvalue weighted by Crippen LogP contribution is 2.38. The van der Waals surface area contributed by atoms with Gasteiger partial charge in [0, 0.05) is 16.5 Å². The van der Waals surface area contributed by atoms with Crippen molar-refractivity contribution >= 4 is 45.7 Å². The normalized spacial score (nSPS) is 11.0. The minimum absolute atomic E-state index is 0.368. The van der Waals surface area contributed by atoms with E-state index in [4.69, 9.17) is 39.5 Å². The molecule has 0 unspecified atom stereocenters. The molecule has 33 heavy (non-hydrogen) atoms. The number of nitrogens with zero attached hydrogens (tertiary/aromatic N) is 2. The van der Waals surface area contributed by atoms with Gasteiger partial charge in [-0.3, -0.25) is 0 Å². The first-order chi connectivity index (χ1) is 16.1. The molecule has 4 aromatic carbocycles. The smallest absolute Gasteiger partial charge is 0.120 e. The summed E-state index contributed by atoms with van der Waals surface area (Å²) in [5.74, 6) is 0.726. The number of benzene rings is 4. The topological polar surface area (TPSA) is 35.0 Å². The van der Waals surface area contributed by atoms with Crippen LogP contribution in [0.1, 0.15) is 5.56 Å². The van der Waals surface area contributed by atoms with E-state index in [1.54, 1.807) is 6.07 Å². The van der Waals surface area contributed by atoms with Crippen LogP contribution in [0.15, 0.2) is 91.0 Å². The summed E-state index contributed by atoms with van der Waals surface area (Å²) in [4.78, 5) is 0. The summed E-state index contributed by atoms with van der Waals surface area (Å²) in [6, 6.07) is 29.2. The molecule has 0 spiro atoms. The molecule has 162 valence electrons.